The number of likely N-dealkylation sites (tertiary alicyclic amines) is 1. The molecule has 1 aliphatic rings. The van der Waals surface area contributed by atoms with Gasteiger partial charge >= 0.3 is 0 Å². The Labute approximate surface area is 170 Å². The highest BCUT2D eigenvalue weighted by atomic mass is 35.5. The Balaban J connectivity index is 1.60. The molecule has 1 saturated heterocycles. The Morgan fingerprint density at radius 3 is 2.54 bits per heavy atom. The van der Waals surface area contributed by atoms with Crippen molar-refractivity contribution in [3.8, 4) is 0 Å². The number of rotatable bonds is 8. The number of nitrogens with one attached hydrogen (secondary N) is 1. The number of likely N-dealkylation sites (N-methyl/N-ethyl adjacent to an activating group) is 1. The molecule has 1 aromatic carbocycles. The van der Waals surface area contributed by atoms with Gasteiger partial charge in [-0.15, -0.1) is 0 Å². The molecular formula is C19H24ClN3O4S. The van der Waals surface area contributed by atoms with Crippen LogP contribution in [0.15, 0.2) is 52.0 Å². The fraction of sp³-hybridized carbons (Fsp3) is 0.421. The van der Waals surface area contributed by atoms with Crippen molar-refractivity contribution in [3.05, 3.63) is 53.4 Å². The number of hydrogen-bond donors (Lipinski definition) is 1. The van der Waals surface area contributed by atoms with Crippen LogP contribution >= 0.6 is 11.6 Å². The Hall–Kier alpha value is -1.87. The first-order valence-corrected chi connectivity index (χ1v) is 11.0. The summed E-state index contributed by atoms with van der Waals surface area (Å²) < 4.78 is 31.7. The van der Waals surface area contributed by atoms with Gasteiger partial charge in [0.15, 0.2) is 0 Å². The van der Waals surface area contributed by atoms with Crippen molar-refractivity contribution in [2.45, 2.75) is 23.8 Å². The number of nitrogens with zero attached hydrogens (tertiary/aromatic N) is 2. The standard InChI is InChI=1S/C19H24ClN3O4S/c1-22(28(25,26)16-8-6-15(20)7-9-16)14-19(24)21-13-17(18-5-4-12-27-18)23-10-2-3-11-23/h4-9,12,17H,2-3,10-11,13-14H2,1H3,(H,21,24)/t17-/m1/s1. The molecule has 1 N–H and O–H groups in total. The molecule has 1 atom stereocenters. The third-order valence-corrected chi connectivity index (χ3v) is 6.90. The molecule has 1 amide bonds. The quantitative estimate of drug-likeness (QED) is 0.702. The van der Waals surface area contributed by atoms with Crippen LogP contribution in [0.3, 0.4) is 0 Å². The van der Waals surface area contributed by atoms with E-state index < -0.39 is 10.0 Å². The largest absolute Gasteiger partial charge is 0.468 e. The zero-order valence-electron chi connectivity index (χ0n) is 15.7. The summed E-state index contributed by atoms with van der Waals surface area (Å²) in [5, 5.41) is 3.29. The molecule has 0 aliphatic carbocycles. The van der Waals surface area contributed by atoms with E-state index in [4.69, 9.17) is 16.0 Å². The second kappa shape index (κ2) is 9.09. The lowest BCUT2D eigenvalue weighted by Crippen LogP contribution is -2.42. The predicted molar refractivity (Wildman–Crippen MR) is 107 cm³/mol. The van der Waals surface area contributed by atoms with Crippen molar-refractivity contribution in [2.24, 2.45) is 0 Å². The number of halogens is 1. The second-order valence-electron chi connectivity index (χ2n) is 6.79. The molecule has 28 heavy (non-hydrogen) atoms. The maximum Gasteiger partial charge on any atom is 0.243 e. The van der Waals surface area contributed by atoms with E-state index in [0.29, 0.717) is 11.6 Å². The van der Waals surface area contributed by atoms with Crippen molar-refractivity contribution in [2.75, 3.05) is 33.2 Å². The number of furan rings is 1. The van der Waals surface area contributed by atoms with Crippen LogP contribution in [0, 0.1) is 0 Å². The Morgan fingerprint density at radius 1 is 1.25 bits per heavy atom. The fourth-order valence-electron chi connectivity index (χ4n) is 3.28. The summed E-state index contributed by atoms with van der Waals surface area (Å²) in [6, 6.07) is 9.52. The van der Waals surface area contributed by atoms with Gasteiger partial charge in [-0.3, -0.25) is 9.69 Å². The maximum atomic E-state index is 12.6. The monoisotopic (exact) mass is 425 g/mol. The zero-order chi connectivity index (χ0) is 20.1. The number of carbonyl (C=O) groups is 1. The Morgan fingerprint density at radius 2 is 1.93 bits per heavy atom. The highest BCUT2D eigenvalue weighted by molar-refractivity contribution is 7.89. The third-order valence-electron chi connectivity index (χ3n) is 4.83. The molecule has 152 valence electrons. The second-order valence-corrected chi connectivity index (χ2v) is 9.27. The topological polar surface area (TPSA) is 82.9 Å². The summed E-state index contributed by atoms with van der Waals surface area (Å²) in [4.78, 5) is 14.8. The molecule has 2 aromatic rings. The molecule has 9 heteroatoms. The minimum atomic E-state index is -3.76. The lowest BCUT2D eigenvalue weighted by atomic mass is 10.2. The highest BCUT2D eigenvalue weighted by Crippen LogP contribution is 2.25. The van der Waals surface area contributed by atoms with Crippen LogP contribution in [-0.2, 0) is 14.8 Å². The first-order chi connectivity index (χ1) is 13.4. The SMILES string of the molecule is CN(CC(=O)NC[C@H](c1ccco1)N1CCCC1)S(=O)(=O)c1ccc(Cl)cc1. The van der Waals surface area contributed by atoms with Gasteiger partial charge in [-0.05, 0) is 62.3 Å². The average Bonchev–Trinajstić information content (AvgIpc) is 3.36. The molecule has 0 unspecified atom stereocenters. The van der Waals surface area contributed by atoms with Gasteiger partial charge in [0.05, 0.1) is 23.7 Å². The average molecular weight is 426 g/mol. The van der Waals surface area contributed by atoms with Crippen LogP contribution in [0.2, 0.25) is 5.02 Å². The number of carbonyl (C=O) groups excluding carboxylic acids is 1. The van der Waals surface area contributed by atoms with Gasteiger partial charge in [0, 0.05) is 18.6 Å². The van der Waals surface area contributed by atoms with E-state index in [2.05, 4.69) is 10.2 Å². The van der Waals surface area contributed by atoms with Crippen molar-refractivity contribution >= 4 is 27.5 Å². The van der Waals surface area contributed by atoms with Gasteiger partial charge < -0.3 is 9.73 Å². The van der Waals surface area contributed by atoms with Gasteiger partial charge in [0.1, 0.15) is 5.76 Å². The molecule has 0 radical (unpaired) electrons. The molecule has 2 heterocycles. The van der Waals surface area contributed by atoms with Crippen molar-refractivity contribution in [3.63, 3.8) is 0 Å². The van der Waals surface area contributed by atoms with Gasteiger partial charge in [-0.1, -0.05) is 11.6 Å². The molecule has 1 fully saturated rings. The van der Waals surface area contributed by atoms with Gasteiger partial charge in [-0.25, -0.2) is 8.42 Å². The highest BCUT2D eigenvalue weighted by Gasteiger charge is 2.27. The van der Waals surface area contributed by atoms with Gasteiger partial charge in [0.2, 0.25) is 15.9 Å². The van der Waals surface area contributed by atoms with Crippen molar-refractivity contribution in [1.82, 2.24) is 14.5 Å². The number of sulfonamides is 1. The summed E-state index contributed by atoms with van der Waals surface area (Å²) in [7, 11) is -2.38. The molecular weight excluding hydrogens is 402 g/mol. The summed E-state index contributed by atoms with van der Waals surface area (Å²) in [5.41, 5.74) is 0. The fourth-order valence-corrected chi connectivity index (χ4v) is 4.54. The van der Waals surface area contributed by atoms with Crippen LogP contribution < -0.4 is 5.32 Å². The Bertz CT molecular complexity index is 878. The summed E-state index contributed by atoms with van der Waals surface area (Å²) in [5.74, 6) is 0.431. The van der Waals surface area contributed by atoms with Crippen molar-refractivity contribution in [1.29, 1.82) is 0 Å². The molecule has 1 aromatic heterocycles. The normalized spacial score (nSPS) is 16.4. The molecule has 0 spiro atoms. The smallest absolute Gasteiger partial charge is 0.243 e. The molecule has 7 nitrogen and oxygen atoms in total. The first-order valence-electron chi connectivity index (χ1n) is 9.14. The van der Waals surface area contributed by atoms with E-state index in [1.165, 1.54) is 31.3 Å². The lowest BCUT2D eigenvalue weighted by Gasteiger charge is -2.26. The van der Waals surface area contributed by atoms with Crippen LogP contribution in [0.1, 0.15) is 24.6 Å². The zero-order valence-corrected chi connectivity index (χ0v) is 17.2. The third kappa shape index (κ3) is 4.94. The van der Waals surface area contributed by atoms with E-state index in [9.17, 15) is 13.2 Å². The van der Waals surface area contributed by atoms with Crippen molar-refractivity contribution < 1.29 is 17.6 Å². The molecule has 0 saturated carbocycles. The number of benzene rings is 1. The number of hydrogen-bond acceptors (Lipinski definition) is 5. The summed E-state index contributed by atoms with van der Waals surface area (Å²) >= 11 is 5.81. The van der Waals surface area contributed by atoms with E-state index in [1.54, 1.807) is 6.26 Å². The van der Waals surface area contributed by atoms with E-state index in [0.717, 1.165) is 36.0 Å². The van der Waals surface area contributed by atoms with Crippen LogP contribution in [-0.4, -0.2) is 56.8 Å². The van der Waals surface area contributed by atoms with E-state index in [1.807, 2.05) is 12.1 Å². The first kappa shape index (κ1) is 20.9. The lowest BCUT2D eigenvalue weighted by molar-refractivity contribution is -0.121. The molecule has 0 bridgehead atoms. The van der Waals surface area contributed by atoms with Gasteiger partial charge in [-0.2, -0.15) is 4.31 Å². The minimum Gasteiger partial charge on any atom is -0.468 e. The van der Waals surface area contributed by atoms with Gasteiger partial charge in [0.25, 0.3) is 0 Å². The van der Waals surface area contributed by atoms with Crippen LogP contribution in [0.5, 0.6) is 0 Å². The van der Waals surface area contributed by atoms with E-state index in [-0.39, 0.29) is 23.4 Å². The molecule has 3 rings (SSSR count). The minimum absolute atomic E-state index is 0.0559. The number of amides is 1. The summed E-state index contributed by atoms with van der Waals surface area (Å²) in [6.07, 6.45) is 3.85. The Kier molecular flexibility index (Phi) is 6.77. The summed E-state index contributed by atoms with van der Waals surface area (Å²) in [6.45, 7) is 2.00. The van der Waals surface area contributed by atoms with Crippen LogP contribution in [0.25, 0.3) is 0 Å². The van der Waals surface area contributed by atoms with E-state index >= 15 is 0 Å². The predicted octanol–water partition coefficient (Wildman–Crippen LogP) is 2.51. The maximum absolute atomic E-state index is 12.6. The molecule has 1 aliphatic heterocycles. The van der Waals surface area contributed by atoms with Crippen LogP contribution in [0.4, 0.5) is 0 Å².